The van der Waals surface area contributed by atoms with Gasteiger partial charge in [-0.25, -0.2) is 0 Å². The van der Waals surface area contributed by atoms with E-state index < -0.39 is 7.12 Å². The Morgan fingerprint density at radius 1 is 0.348 bits per heavy atom. The summed E-state index contributed by atoms with van der Waals surface area (Å²) >= 11 is 0. The molecule has 0 amide bonds. The Labute approximate surface area is 266 Å². The maximum Gasteiger partial charge on any atom is 0.488 e. The third kappa shape index (κ3) is 4.16. The Bertz CT molecular complexity index is 2600. The van der Waals surface area contributed by atoms with Crippen molar-refractivity contribution < 1.29 is 10.0 Å². The van der Waals surface area contributed by atoms with E-state index in [4.69, 9.17) is 0 Å². The van der Waals surface area contributed by atoms with Gasteiger partial charge in [-0.1, -0.05) is 121 Å². The Morgan fingerprint density at radius 3 is 1.52 bits per heavy atom. The van der Waals surface area contributed by atoms with Gasteiger partial charge in [-0.15, -0.1) is 0 Å². The highest BCUT2D eigenvalue weighted by atomic mass is 16.4. The predicted molar refractivity (Wildman–Crippen MR) is 194 cm³/mol. The molecule has 2 N–H and O–H groups in total. The zero-order valence-electron chi connectivity index (χ0n) is 24.9. The van der Waals surface area contributed by atoms with E-state index in [1.165, 1.54) is 43.4 Å². The Kier molecular flexibility index (Phi) is 6.07. The first-order valence-corrected chi connectivity index (χ1v) is 15.6. The Hall–Kier alpha value is -5.68. The molecule has 9 rings (SSSR count). The maximum atomic E-state index is 9.89. The smallest absolute Gasteiger partial charge is 0.423 e. The van der Waals surface area contributed by atoms with Gasteiger partial charge in [0.05, 0.1) is 11.0 Å². The van der Waals surface area contributed by atoms with Crippen LogP contribution in [0.15, 0.2) is 158 Å². The quantitative estimate of drug-likeness (QED) is 0.159. The number of rotatable bonds is 4. The van der Waals surface area contributed by atoms with Gasteiger partial charge in [0.15, 0.2) is 0 Å². The molecule has 0 aliphatic heterocycles. The van der Waals surface area contributed by atoms with Crippen molar-refractivity contribution in [2.45, 2.75) is 0 Å². The molecule has 0 unspecified atom stereocenters. The summed E-state index contributed by atoms with van der Waals surface area (Å²) in [5.41, 5.74) is 8.10. The Balaban J connectivity index is 1.21. The zero-order chi connectivity index (χ0) is 30.8. The van der Waals surface area contributed by atoms with Crippen LogP contribution >= 0.6 is 0 Å². The lowest BCUT2D eigenvalue weighted by Crippen LogP contribution is -2.29. The molecule has 0 aliphatic carbocycles. The highest BCUT2D eigenvalue weighted by Gasteiger charge is 2.17. The monoisotopic (exact) mass is 589 g/mol. The van der Waals surface area contributed by atoms with Crippen LogP contribution in [0.2, 0.25) is 0 Å². The van der Waals surface area contributed by atoms with Crippen molar-refractivity contribution in [1.29, 1.82) is 0 Å². The molecule has 0 saturated heterocycles. The van der Waals surface area contributed by atoms with E-state index in [2.05, 4.69) is 132 Å². The number of fused-ring (bicyclic) bond motifs is 9. The molecule has 9 aromatic rings. The van der Waals surface area contributed by atoms with E-state index in [-0.39, 0.29) is 0 Å². The average Bonchev–Trinajstić information content (AvgIpc) is 3.45. The lowest BCUT2D eigenvalue weighted by atomic mass is 9.80. The van der Waals surface area contributed by atoms with E-state index in [1.807, 2.05) is 24.3 Å². The van der Waals surface area contributed by atoms with E-state index in [9.17, 15) is 10.0 Å². The molecular weight excluding hydrogens is 561 g/mol. The number of benzene rings is 8. The molecular formula is C42H28BNO2. The number of nitrogens with zero attached hydrogens (tertiary/aromatic N) is 1. The second kappa shape index (κ2) is 10.5. The second-order valence-corrected chi connectivity index (χ2v) is 12.0. The van der Waals surface area contributed by atoms with Gasteiger partial charge in [-0.2, -0.15) is 0 Å². The fourth-order valence-corrected chi connectivity index (χ4v) is 7.22. The fourth-order valence-electron chi connectivity index (χ4n) is 7.22. The van der Waals surface area contributed by atoms with Crippen molar-refractivity contribution >= 4 is 66.7 Å². The molecule has 46 heavy (non-hydrogen) atoms. The summed E-state index contributed by atoms with van der Waals surface area (Å²) in [7, 11) is -1.53. The van der Waals surface area contributed by atoms with Gasteiger partial charge in [0.1, 0.15) is 0 Å². The molecule has 0 radical (unpaired) electrons. The van der Waals surface area contributed by atoms with Crippen LogP contribution in [0.1, 0.15) is 0 Å². The molecule has 4 heteroatoms. The molecule has 216 valence electrons. The molecule has 1 heterocycles. The SMILES string of the molecule is OB(O)c1cccc(-n2c3ccccc3c3ccc(-c4cccc(-c5ccc6c7ccccc7c7ccccc7c6c5)c4)cc32)c1. The molecule has 8 aromatic carbocycles. The highest BCUT2D eigenvalue weighted by molar-refractivity contribution is 6.58. The van der Waals surface area contributed by atoms with Crippen LogP contribution in [0.4, 0.5) is 0 Å². The summed E-state index contributed by atoms with van der Waals surface area (Å²) < 4.78 is 2.21. The standard InChI is InChI=1S/C42H28BNO2/c45-43(46)31-11-8-12-32(26-31)44-41-18-6-5-17-38(41)39-22-20-30(25-42(39)44)28-10-7-9-27(23-28)29-19-21-37-35-15-2-1-13-33(35)34-14-3-4-16-36(34)40(37)24-29/h1-26,45-46H. The molecule has 0 spiro atoms. The van der Waals surface area contributed by atoms with Crippen LogP contribution < -0.4 is 5.46 Å². The lowest BCUT2D eigenvalue weighted by molar-refractivity contribution is 0.426. The summed E-state index contributed by atoms with van der Waals surface area (Å²) in [6.07, 6.45) is 0. The molecule has 0 bridgehead atoms. The number of hydrogen-bond acceptors (Lipinski definition) is 2. The van der Waals surface area contributed by atoms with Crippen LogP contribution in [0.5, 0.6) is 0 Å². The average molecular weight is 590 g/mol. The van der Waals surface area contributed by atoms with Gasteiger partial charge in [0.25, 0.3) is 0 Å². The minimum atomic E-state index is -1.53. The summed E-state index contributed by atoms with van der Waals surface area (Å²) in [6, 6.07) is 55.5. The molecule has 0 saturated carbocycles. The fraction of sp³-hybridized carbons (Fsp3) is 0. The van der Waals surface area contributed by atoms with Crippen LogP contribution in [0, 0.1) is 0 Å². The van der Waals surface area contributed by atoms with Gasteiger partial charge in [-0.05, 0) is 96.4 Å². The molecule has 0 atom stereocenters. The molecule has 0 aliphatic rings. The van der Waals surface area contributed by atoms with Crippen LogP contribution in [0.3, 0.4) is 0 Å². The maximum absolute atomic E-state index is 9.89. The minimum absolute atomic E-state index is 0.462. The third-order valence-electron chi connectivity index (χ3n) is 9.37. The zero-order valence-corrected chi connectivity index (χ0v) is 24.9. The van der Waals surface area contributed by atoms with Crippen LogP contribution in [0.25, 0.3) is 82.1 Å². The number of para-hydroxylation sites is 1. The largest absolute Gasteiger partial charge is 0.488 e. The lowest BCUT2D eigenvalue weighted by Gasteiger charge is -2.13. The summed E-state index contributed by atoms with van der Waals surface area (Å²) in [6.45, 7) is 0. The minimum Gasteiger partial charge on any atom is -0.423 e. The summed E-state index contributed by atoms with van der Waals surface area (Å²) in [4.78, 5) is 0. The summed E-state index contributed by atoms with van der Waals surface area (Å²) in [5, 5.41) is 29.7. The normalized spacial score (nSPS) is 11.7. The summed E-state index contributed by atoms with van der Waals surface area (Å²) in [5.74, 6) is 0. The van der Waals surface area contributed by atoms with Gasteiger partial charge < -0.3 is 14.6 Å². The van der Waals surface area contributed by atoms with Crippen molar-refractivity contribution in [3.05, 3.63) is 158 Å². The van der Waals surface area contributed by atoms with Crippen molar-refractivity contribution in [2.75, 3.05) is 0 Å². The molecule has 0 fully saturated rings. The van der Waals surface area contributed by atoms with Crippen molar-refractivity contribution in [3.8, 4) is 27.9 Å². The van der Waals surface area contributed by atoms with Crippen LogP contribution in [-0.4, -0.2) is 21.7 Å². The van der Waals surface area contributed by atoms with E-state index in [1.54, 1.807) is 6.07 Å². The number of hydrogen-bond donors (Lipinski definition) is 2. The van der Waals surface area contributed by atoms with Gasteiger partial charge in [0, 0.05) is 16.5 Å². The van der Waals surface area contributed by atoms with Crippen molar-refractivity contribution in [3.63, 3.8) is 0 Å². The predicted octanol–water partition coefficient (Wildman–Crippen LogP) is 9.26. The first-order valence-electron chi connectivity index (χ1n) is 15.6. The molecule has 1 aromatic heterocycles. The second-order valence-electron chi connectivity index (χ2n) is 12.0. The van der Waals surface area contributed by atoms with Crippen molar-refractivity contribution in [2.24, 2.45) is 0 Å². The van der Waals surface area contributed by atoms with Gasteiger partial charge >= 0.3 is 7.12 Å². The van der Waals surface area contributed by atoms with E-state index in [0.29, 0.717) is 5.46 Å². The van der Waals surface area contributed by atoms with Crippen molar-refractivity contribution in [1.82, 2.24) is 4.57 Å². The highest BCUT2D eigenvalue weighted by Crippen LogP contribution is 2.39. The van der Waals surface area contributed by atoms with Crippen LogP contribution in [-0.2, 0) is 0 Å². The Morgan fingerprint density at radius 2 is 0.848 bits per heavy atom. The first-order chi connectivity index (χ1) is 22.6. The van der Waals surface area contributed by atoms with Gasteiger partial charge in [0.2, 0.25) is 0 Å². The first kappa shape index (κ1) is 26.7. The molecule has 3 nitrogen and oxygen atoms in total. The van der Waals surface area contributed by atoms with E-state index in [0.717, 1.165) is 38.6 Å². The topological polar surface area (TPSA) is 45.4 Å². The van der Waals surface area contributed by atoms with Gasteiger partial charge in [-0.3, -0.25) is 0 Å². The third-order valence-corrected chi connectivity index (χ3v) is 9.37. The number of aromatic nitrogens is 1. The van der Waals surface area contributed by atoms with E-state index >= 15 is 0 Å².